The second-order valence-corrected chi connectivity index (χ2v) is 5.76. The van der Waals surface area contributed by atoms with Gasteiger partial charge in [0, 0.05) is 13.2 Å². The number of hydrogen-bond donors (Lipinski definition) is 1. The van der Waals surface area contributed by atoms with E-state index in [2.05, 4.69) is 20.2 Å². The molecule has 3 heterocycles. The van der Waals surface area contributed by atoms with Crippen molar-refractivity contribution in [2.45, 2.75) is 31.7 Å². The molecule has 0 aliphatic heterocycles. The highest BCUT2D eigenvalue weighted by Gasteiger charge is 2.39. The molecule has 3 aromatic heterocycles. The van der Waals surface area contributed by atoms with Gasteiger partial charge in [-0.05, 0) is 26.2 Å². The van der Waals surface area contributed by atoms with E-state index in [0.29, 0.717) is 29.1 Å². The number of oxazole rings is 1. The van der Waals surface area contributed by atoms with E-state index in [9.17, 15) is 0 Å². The normalized spacial score (nSPS) is 16.7. The highest BCUT2D eigenvalue weighted by Crippen LogP contribution is 2.38. The molecule has 3 aromatic rings. The second kappa shape index (κ2) is 4.51. The molecule has 0 aromatic carbocycles. The Balaban J connectivity index is 1.70. The van der Waals surface area contributed by atoms with E-state index >= 15 is 0 Å². The average molecular weight is 300 g/mol. The van der Waals surface area contributed by atoms with Crippen molar-refractivity contribution in [3.05, 3.63) is 24.0 Å². The lowest BCUT2D eigenvalue weighted by molar-refractivity contribution is 0.229. The number of nitrogens with two attached hydrogens (primary N) is 1. The van der Waals surface area contributed by atoms with Crippen LogP contribution < -0.4 is 5.73 Å². The van der Waals surface area contributed by atoms with Gasteiger partial charge >= 0.3 is 0 Å². The molecule has 2 N–H and O–H groups in total. The average Bonchev–Trinajstić information content (AvgIpc) is 3.15. The standard InChI is InChI=1S/C14H16N6O2/c1-8-10(17-11(21-8)9-6-16-20(2)7-9)12-18-13(19-22-12)14(15)4-3-5-14/h6-7H,3-5,15H2,1-2H3. The van der Waals surface area contributed by atoms with Crippen molar-refractivity contribution in [3.8, 4) is 23.0 Å². The largest absolute Gasteiger partial charge is 0.440 e. The Morgan fingerprint density at radius 1 is 1.27 bits per heavy atom. The predicted molar refractivity (Wildman–Crippen MR) is 76.5 cm³/mol. The maximum Gasteiger partial charge on any atom is 0.280 e. The highest BCUT2D eigenvalue weighted by molar-refractivity contribution is 5.58. The quantitative estimate of drug-likeness (QED) is 0.785. The van der Waals surface area contributed by atoms with Crippen LogP contribution in [0.1, 0.15) is 30.8 Å². The molecule has 0 atom stereocenters. The Kier molecular flexibility index (Phi) is 2.70. The number of rotatable bonds is 3. The first-order valence-corrected chi connectivity index (χ1v) is 7.15. The fourth-order valence-corrected chi connectivity index (χ4v) is 2.55. The Morgan fingerprint density at radius 2 is 2.09 bits per heavy atom. The SMILES string of the molecule is Cc1oc(-c2cnn(C)c2)nc1-c1nc(C2(N)CCC2)no1. The van der Waals surface area contributed by atoms with Crippen LogP contribution in [0.5, 0.6) is 0 Å². The van der Waals surface area contributed by atoms with Crippen molar-refractivity contribution >= 4 is 0 Å². The summed E-state index contributed by atoms with van der Waals surface area (Å²) >= 11 is 0. The smallest absolute Gasteiger partial charge is 0.280 e. The zero-order chi connectivity index (χ0) is 15.3. The molecule has 0 radical (unpaired) electrons. The molecule has 1 aliphatic carbocycles. The van der Waals surface area contributed by atoms with Gasteiger partial charge in [-0.2, -0.15) is 10.1 Å². The van der Waals surface area contributed by atoms with Crippen molar-refractivity contribution in [2.24, 2.45) is 12.8 Å². The fraction of sp³-hybridized carbons (Fsp3) is 0.429. The van der Waals surface area contributed by atoms with Crippen LogP contribution in [0.2, 0.25) is 0 Å². The molecule has 8 heteroatoms. The molecule has 8 nitrogen and oxygen atoms in total. The maximum atomic E-state index is 6.21. The molecule has 4 rings (SSSR count). The molecule has 0 spiro atoms. The first-order valence-electron chi connectivity index (χ1n) is 7.15. The van der Waals surface area contributed by atoms with E-state index in [4.69, 9.17) is 14.7 Å². The lowest BCUT2D eigenvalue weighted by Gasteiger charge is -2.34. The Hall–Kier alpha value is -2.48. The summed E-state index contributed by atoms with van der Waals surface area (Å²) < 4.78 is 12.7. The summed E-state index contributed by atoms with van der Waals surface area (Å²) in [7, 11) is 1.84. The van der Waals surface area contributed by atoms with Gasteiger partial charge in [0.1, 0.15) is 5.76 Å². The van der Waals surface area contributed by atoms with Gasteiger partial charge in [-0.25, -0.2) is 4.98 Å². The van der Waals surface area contributed by atoms with E-state index in [1.807, 2.05) is 20.2 Å². The summed E-state index contributed by atoms with van der Waals surface area (Å²) in [6.07, 6.45) is 6.37. The van der Waals surface area contributed by atoms with Gasteiger partial charge in [0.15, 0.2) is 11.5 Å². The minimum Gasteiger partial charge on any atom is -0.440 e. The van der Waals surface area contributed by atoms with Gasteiger partial charge in [-0.3, -0.25) is 4.68 Å². The number of hydrogen-bond acceptors (Lipinski definition) is 7. The van der Waals surface area contributed by atoms with Crippen LogP contribution in [0, 0.1) is 6.92 Å². The Bertz CT molecular complexity index is 826. The molecule has 0 amide bonds. The Morgan fingerprint density at radius 3 is 2.73 bits per heavy atom. The van der Waals surface area contributed by atoms with Crippen LogP contribution in [0.3, 0.4) is 0 Å². The van der Waals surface area contributed by atoms with Crippen molar-refractivity contribution in [3.63, 3.8) is 0 Å². The maximum absolute atomic E-state index is 6.21. The molecule has 1 saturated carbocycles. The predicted octanol–water partition coefficient (Wildman–Crippen LogP) is 1.77. The van der Waals surface area contributed by atoms with Crippen LogP contribution >= 0.6 is 0 Å². The summed E-state index contributed by atoms with van der Waals surface area (Å²) in [6, 6.07) is 0. The van der Waals surface area contributed by atoms with Crippen LogP contribution in [0.15, 0.2) is 21.3 Å². The van der Waals surface area contributed by atoms with Crippen LogP contribution in [0.4, 0.5) is 0 Å². The monoisotopic (exact) mass is 300 g/mol. The Labute approximate surface area is 126 Å². The second-order valence-electron chi connectivity index (χ2n) is 5.76. The van der Waals surface area contributed by atoms with Crippen LogP contribution in [-0.2, 0) is 12.6 Å². The minimum absolute atomic E-state index is 0.336. The van der Waals surface area contributed by atoms with Crippen molar-refractivity contribution < 1.29 is 8.94 Å². The summed E-state index contributed by atoms with van der Waals surface area (Å²) in [4.78, 5) is 8.85. The topological polar surface area (TPSA) is 109 Å². The molecular weight excluding hydrogens is 284 g/mol. The first kappa shape index (κ1) is 13.2. The van der Waals surface area contributed by atoms with E-state index < -0.39 is 5.54 Å². The first-order chi connectivity index (χ1) is 10.5. The third kappa shape index (κ3) is 1.95. The fourth-order valence-electron chi connectivity index (χ4n) is 2.55. The van der Waals surface area contributed by atoms with Gasteiger partial charge < -0.3 is 14.7 Å². The van der Waals surface area contributed by atoms with Crippen molar-refractivity contribution in [1.82, 2.24) is 24.9 Å². The lowest BCUT2D eigenvalue weighted by Crippen LogP contribution is -2.44. The number of aromatic nitrogens is 5. The lowest BCUT2D eigenvalue weighted by atomic mass is 9.77. The van der Waals surface area contributed by atoms with E-state index in [0.717, 1.165) is 24.8 Å². The van der Waals surface area contributed by atoms with E-state index in [-0.39, 0.29) is 0 Å². The van der Waals surface area contributed by atoms with Crippen LogP contribution in [-0.4, -0.2) is 24.9 Å². The molecule has 0 bridgehead atoms. The summed E-state index contributed by atoms with van der Waals surface area (Å²) in [5.41, 5.74) is 7.10. The molecule has 0 saturated heterocycles. The van der Waals surface area contributed by atoms with Gasteiger partial charge in [-0.1, -0.05) is 5.16 Å². The molecule has 114 valence electrons. The van der Waals surface area contributed by atoms with Gasteiger partial charge in [0.2, 0.25) is 5.89 Å². The third-order valence-corrected chi connectivity index (χ3v) is 4.07. The summed E-state index contributed by atoms with van der Waals surface area (Å²) in [5.74, 6) is 1.97. The molecule has 0 unspecified atom stereocenters. The number of nitrogens with zero attached hydrogens (tertiary/aromatic N) is 5. The third-order valence-electron chi connectivity index (χ3n) is 4.07. The van der Waals surface area contributed by atoms with Crippen molar-refractivity contribution in [1.29, 1.82) is 0 Å². The van der Waals surface area contributed by atoms with Crippen molar-refractivity contribution in [2.75, 3.05) is 0 Å². The molecule has 1 fully saturated rings. The number of aryl methyl sites for hydroxylation is 2. The van der Waals surface area contributed by atoms with E-state index in [1.165, 1.54) is 0 Å². The van der Waals surface area contributed by atoms with Gasteiger partial charge in [0.25, 0.3) is 5.89 Å². The highest BCUT2D eigenvalue weighted by atomic mass is 16.5. The summed E-state index contributed by atoms with van der Waals surface area (Å²) in [5, 5.41) is 8.11. The zero-order valence-corrected chi connectivity index (χ0v) is 12.4. The molecule has 22 heavy (non-hydrogen) atoms. The van der Waals surface area contributed by atoms with Gasteiger partial charge in [-0.15, -0.1) is 0 Å². The molecule has 1 aliphatic rings. The minimum atomic E-state index is -0.453. The zero-order valence-electron chi connectivity index (χ0n) is 12.4. The molecular formula is C14H16N6O2. The van der Waals surface area contributed by atoms with Crippen LogP contribution in [0.25, 0.3) is 23.0 Å². The summed E-state index contributed by atoms with van der Waals surface area (Å²) in [6.45, 7) is 1.81. The van der Waals surface area contributed by atoms with E-state index in [1.54, 1.807) is 10.9 Å². The van der Waals surface area contributed by atoms with Gasteiger partial charge in [0.05, 0.1) is 17.3 Å².